The lowest BCUT2D eigenvalue weighted by Gasteiger charge is -2.18. The molecule has 1 aromatic heterocycles. The van der Waals surface area contributed by atoms with Gasteiger partial charge >= 0.3 is 5.97 Å². The van der Waals surface area contributed by atoms with Gasteiger partial charge in [0.05, 0.1) is 7.11 Å². The minimum Gasteiger partial charge on any atom is -0.467 e. The molecule has 1 unspecified atom stereocenters. The zero-order valence-electron chi connectivity index (χ0n) is 11.2. The summed E-state index contributed by atoms with van der Waals surface area (Å²) in [5, 5.41) is 2.58. The van der Waals surface area contributed by atoms with E-state index < -0.39 is 17.9 Å². The smallest absolute Gasteiger partial charge is 0.328 e. The minimum atomic E-state index is -0.711. The van der Waals surface area contributed by atoms with Gasteiger partial charge in [-0.15, -0.1) is 0 Å². The van der Waals surface area contributed by atoms with Crippen LogP contribution in [0.5, 0.6) is 0 Å². The molecule has 0 radical (unpaired) electrons. The topological polar surface area (TPSA) is 88.3 Å². The highest BCUT2D eigenvalue weighted by molar-refractivity contribution is 5.96. The second-order valence-electron chi connectivity index (χ2n) is 4.62. The SMILES string of the molecule is COC(=O)C(CC(C)C)NC(=O)c1cc[nH]c(=O)c1. The molecular formula is C13H18N2O4. The van der Waals surface area contributed by atoms with Gasteiger partial charge in [0, 0.05) is 17.8 Å². The fraction of sp³-hybridized carbons (Fsp3) is 0.462. The Kier molecular flexibility index (Phi) is 5.29. The van der Waals surface area contributed by atoms with E-state index in [1.807, 2.05) is 13.8 Å². The summed E-state index contributed by atoms with van der Waals surface area (Å²) >= 11 is 0. The van der Waals surface area contributed by atoms with Crippen molar-refractivity contribution < 1.29 is 14.3 Å². The number of ether oxygens (including phenoxy) is 1. The number of carbonyl (C=O) groups excluding carboxylic acids is 2. The number of hydrogen-bond acceptors (Lipinski definition) is 4. The van der Waals surface area contributed by atoms with E-state index in [9.17, 15) is 14.4 Å². The fourth-order valence-corrected chi connectivity index (χ4v) is 1.66. The van der Waals surface area contributed by atoms with Crippen LogP contribution in [0.2, 0.25) is 0 Å². The number of amides is 1. The summed E-state index contributed by atoms with van der Waals surface area (Å²) < 4.78 is 4.65. The van der Waals surface area contributed by atoms with Gasteiger partial charge in [0.1, 0.15) is 6.04 Å². The largest absolute Gasteiger partial charge is 0.467 e. The molecule has 2 N–H and O–H groups in total. The second-order valence-corrected chi connectivity index (χ2v) is 4.62. The summed E-state index contributed by atoms with van der Waals surface area (Å²) in [6, 6.07) is 1.94. The Hall–Kier alpha value is -2.11. The molecule has 1 rings (SSSR count). The van der Waals surface area contributed by atoms with Crippen molar-refractivity contribution in [3.8, 4) is 0 Å². The molecule has 0 aromatic carbocycles. The summed E-state index contributed by atoms with van der Waals surface area (Å²) in [6.07, 6.45) is 1.86. The predicted octanol–water partition coefficient (Wildman–Crippen LogP) is 0.692. The van der Waals surface area contributed by atoms with E-state index in [2.05, 4.69) is 15.0 Å². The average Bonchev–Trinajstić information content (AvgIpc) is 2.36. The van der Waals surface area contributed by atoms with Gasteiger partial charge in [-0.25, -0.2) is 4.79 Å². The first kappa shape index (κ1) is 14.9. The normalized spacial score (nSPS) is 12.0. The van der Waals surface area contributed by atoms with Crippen molar-refractivity contribution >= 4 is 11.9 Å². The van der Waals surface area contributed by atoms with Crippen LogP contribution < -0.4 is 10.9 Å². The molecule has 0 aliphatic carbocycles. The molecule has 1 heterocycles. The molecule has 1 atom stereocenters. The van der Waals surface area contributed by atoms with Crippen molar-refractivity contribution in [2.24, 2.45) is 5.92 Å². The lowest BCUT2D eigenvalue weighted by Crippen LogP contribution is -2.42. The van der Waals surface area contributed by atoms with E-state index >= 15 is 0 Å². The van der Waals surface area contributed by atoms with Crippen molar-refractivity contribution in [3.05, 3.63) is 34.2 Å². The second kappa shape index (κ2) is 6.72. The quantitative estimate of drug-likeness (QED) is 0.767. The highest BCUT2D eigenvalue weighted by atomic mass is 16.5. The molecule has 0 bridgehead atoms. The first-order valence-electron chi connectivity index (χ1n) is 6.01. The van der Waals surface area contributed by atoms with E-state index in [0.717, 1.165) is 0 Å². The van der Waals surface area contributed by atoms with Gasteiger partial charge in [0.15, 0.2) is 0 Å². The molecule has 0 spiro atoms. The van der Waals surface area contributed by atoms with E-state index in [-0.39, 0.29) is 17.0 Å². The van der Waals surface area contributed by atoms with Crippen LogP contribution in [-0.4, -0.2) is 30.0 Å². The van der Waals surface area contributed by atoms with Crippen LogP contribution in [0.3, 0.4) is 0 Å². The first-order valence-corrected chi connectivity index (χ1v) is 6.01. The van der Waals surface area contributed by atoms with E-state index in [1.54, 1.807) is 0 Å². The Labute approximate surface area is 111 Å². The molecule has 6 nitrogen and oxygen atoms in total. The molecule has 19 heavy (non-hydrogen) atoms. The third kappa shape index (κ3) is 4.57. The number of aromatic nitrogens is 1. The highest BCUT2D eigenvalue weighted by Crippen LogP contribution is 2.07. The number of aromatic amines is 1. The van der Waals surface area contributed by atoms with Crippen LogP contribution >= 0.6 is 0 Å². The van der Waals surface area contributed by atoms with Crippen LogP contribution in [0.25, 0.3) is 0 Å². The van der Waals surface area contributed by atoms with Crippen LogP contribution in [0.4, 0.5) is 0 Å². The van der Waals surface area contributed by atoms with E-state index in [4.69, 9.17) is 0 Å². The lowest BCUT2D eigenvalue weighted by molar-refractivity contribution is -0.143. The Morgan fingerprint density at radius 1 is 1.42 bits per heavy atom. The van der Waals surface area contributed by atoms with Gasteiger partial charge in [0.25, 0.3) is 5.91 Å². The number of carbonyl (C=O) groups is 2. The Morgan fingerprint density at radius 3 is 2.63 bits per heavy atom. The first-order chi connectivity index (χ1) is 8.93. The molecule has 1 aromatic rings. The highest BCUT2D eigenvalue weighted by Gasteiger charge is 2.23. The van der Waals surface area contributed by atoms with Crippen molar-refractivity contribution in [1.82, 2.24) is 10.3 Å². The van der Waals surface area contributed by atoms with Crippen molar-refractivity contribution in [1.29, 1.82) is 0 Å². The van der Waals surface area contributed by atoms with Gasteiger partial charge in [-0.1, -0.05) is 13.8 Å². The maximum atomic E-state index is 11.9. The van der Waals surface area contributed by atoms with Crippen LogP contribution in [-0.2, 0) is 9.53 Å². The third-order valence-corrected chi connectivity index (χ3v) is 2.54. The number of pyridine rings is 1. The summed E-state index contributed by atoms with van der Waals surface area (Å²) in [4.78, 5) is 37.1. The maximum Gasteiger partial charge on any atom is 0.328 e. The summed E-state index contributed by atoms with van der Waals surface area (Å²) in [7, 11) is 1.27. The van der Waals surface area contributed by atoms with Crippen molar-refractivity contribution in [2.45, 2.75) is 26.3 Å². The van der Waals surface area contributed by atoms with Crippen LogP contribution in [0.1, 0.15) is 30.6 Å². The zero-order valence-corrected chi connectivity index (χ0v) is 11.2. The maximum absolute atomic E-state index is 11.9. The number of esters is 1. The molecule has 0 fully saturated rings. The molecule has 6 heteroatoms. The van der Waals surface area contributed by atoms with Gasteiger partial charge < -0.3 is 15.0 Å². The van der Waals surface area contributed by atoms with E-state index in [0.29, 0.717) is 6.42 Å². The number of rotatable bonds is 5. The molecule has 1 amide bonds. The molecular weight excluding hydrogens is 248 g/mol. The van der Waals surface area contributed by atoms with Crippen molar-refractivity contribution in [2.75, 3.05) is 7.11 Å². The molecule has 104 valence electrons. The number of hydrogen-bond donors (Lipinski definition) is 2. The third-order valence-electron chi connectivity index (χ3n) is 2.54. The summed E-state index contributed by atoms with van der Waals surface area (Å²) in [5.41, 5.74) is -0.160. The van der Waals surface area contributed by atoms with Crippen LogP contribution in [0.15, 0.2) is 23.1 Å². The Bertz CT molecular complexity index is 507. The standard InChI is InChI=1S/C13H18N2O4/c1-8(2)6-10(13(18)19-3)15-12(17)9-4-5-14-11(16)7-9/h4-5,7-8,10H,6H2,1-3H3,(H,14,16)(H,15,17). The zero-order chi connectivity index (χ0) is 14.4. The molecule has 0 saturated carbocycles. The lowest BCUT2D eigenvalue weighted by atomic mass is 10.0. The molecule has 0 saturated heterocycles. The molecule has 0 aliphatic rings. The van der Waals surface area contributed by atoms with E-state index in [1.165, 1.54) is 25.4 Å². The summed E-state index contributed by atoms with van der Waals surface area (Å²) in [6.45, 7) is 3.88. The average molecular weight is 266 g/mol. The Balaban J connectivity index is 2.81. The summed E-state index contributed by atoms with van der Waals surface area (Å²) in [5.74, 6) is -0.738. The van der Waals surface area contributed by atoms with Crippen LogP contribution in [0, 0.1) is 5.92 Å². The van der Waals surface area contributed by atoms with Crippen molar-refractivity contribution in [3.63, 3.8) is 0 Å². The molecule has 0 aliphatic heterocycles. The van der Waals surface area contributed by atoms with Gasteiger partial charge in [0.2, 0.25) is 5.56 Å². The van der Waals surface area contributed by atoms with Gasteiger partial charge in [-0.05, 0) is 18.4 Å². The predicted molar refractivity (Wildman–Crippen MR) is 69.8 cm³/mol. The fourth-order valence-electron chi connectivity index (χ4n) is 1.66. The number of H-pyrrole nitrogens is 1. The number of methoxy groups -OCH3 is 1. The minimum absolute atomic E-state index is 0.210. The number of nitrogens with one attached hydrogen (secondary N) is 2. The Morgan fingerprint density at radius 2 is 2.11 bits per heavy atom. The van der Waals surface area contributed by atoms with Gasteiger partial charge in [-0.2, -0.15) is 0 Å². The van der Waals surface area contributed by atoms with Gasteiger partial charge in [-0.3, -0.25) is 9.59 Å². The monoisotopic (exact) mass is 266 g/mol.